The molecule has 0 bridgehead atoms. The van der Waals surface area contributed by atoms with Gasteiger partial charge in [0.05, 0.1) is 6.10 Å². The third-order valence-electron chi connectivity index (χ3n) is 1.95. The number of rotatable bonds is 4. The zero-order valence-electron chi connectivity index (χ0n) is 7.90. The van der Waals surface area contributed by atoms with Crippen molar-refractivity contribution in [2.24, 2.45) is 0 Å². The molecular weight excluding hydrogens is 140 g/mol. The summed E-state index contributed by atoms with van der Waals surface area (Å²) < 4.78 is 5.80. The Morgan fingerprint density at radius 2 is 2.00 bits per heavy atom. The quantitative estimate of drug-likeness (QED) is 0.563. The molecule has 0 aromatic heterocycles. The van der Waals surface area contributed by atoms with Crippen LogP contribution in [-0.4, -0.2) is 21.6 Å². The maximum absolute atomic E-state index is 5.80. The van der Waals surface area contributed by atoms with Crippen LogP contribution in [0.25, 0.3) is 0 Å². The standard InChI is InChI=1S/C8H20OSi/c1-5-7(3)9-8(4,10)6-2/h7H,5-6H2,1-4,10H3. The van der Waals surface area contributed by atoms with Gasteiger partial charge in [-0.05, 0) is 26.7 Å². The molecule has 2 heteroatoms. The van der Waals surface area contributed by atoms with Gasteiger partial charge < -0.3 is 4.74 Å². The zero-order valence-corrected chi connectivity index (χ0v) is 9.90. The molecule has 0 aromatic carbocycles. The highest BCUT2D eigenvalue weighted by atomic mass is 28.1. The topological polar surface area (TPSA) is 9.23 Å². The Bertz CT molecular complexity index is 91.3. The predicted octanol–water partition coefficient (Wildman–Crippen LogP) is 1.29. The van der Waals surface area contributed by atoms with E-state index in [-0.39, 0.29) is 5.22 Å². The average molecular weight is 160 g/mol. The molecule has 0 rings (SSSR count). The van der Waals surface area contributed by atoms with E-state index in [4.69, 9.17) is 4.74 Å². The smallest absolute Gasteiger partial charge is 0.0547 e. The summed E-state index contributed by atoms with van der Waals surface area (Å²) in [5.74, 6) is 0. The summed E-state index contributed by atoms with van der Waals surface area (Å²) in [6.45, 7) is 8.70. The highest BCUT2D eigenvalue weighted by Gasteiger charge is 2.17. The van der Waals surface area contributed by atoms with Crippen molar-refractivity contribution in [2.45, 2.75) is 51.9 Å². The van der Waals surface area contributed by atoms with Crippen molar-refractivity contribution < 1.29 is 4.74 Å². The van der Waals surface area contributed by atoms with Gasteiger partial charge in [-0.25, -0.2) is 0 Å². The molecule has 0 radical (unpaired) electrons. The Morgan fingerprint density at radius 3 is 2.30 bits per heavy atom. The number of ether oxygens (including phenoxy) is 1. The van der Waals surface area contributed by atoms with Crippen LogP contribution in [0.2, 0.25) is 0 Å². The first-order valence-corrected chi connectivity index (χ1v) is 5.19. The van der Waals surface area contributed by atoms with Gasteiger partial charge in [0.15, 0.2) is 0 Å². The molecule has 0 saturated heterocycles. The van der Waals surface area contributed by atoms with Crippen LogP contribution in [0, 0.1) is 0 Å². The van der Waals surface area contributed by atoms with Gasteiger partial charge >= 0.3 is 0 Å². The lowest BCUT2D eigenvalue weighted by atomic mass is 10.2. The van der Waals surface area contributed by atoms with Gasteiger partial charge in [-0.1, -0.05) is 13.8 Å². The highest BCUT2D eigenvalue weighted by Crippen LogP contribution is 2.13. The summed E-state index contributed by atoms with van der Waals surface area (Å²) in [6, 6.07) is 0. The average Bonchev–Trinajstić information content (AvgIpc) is 1.87. The van der Waals surface area contributed by atoms with Crippen LogP contribution in [-0.2, 0) is 4.74 Å². The molecule has 10 heavy (non-hydrogen) atoms. The van der Waals surface area contributed by atoms with Crippen LogP contribution >= 0.6 is 0 Å². The van der Waals surface area contributed by atoms with Gasteiger partial charge in [0, 0.05) is 15.5 Å². The van der Waals surface area contributed by atoms with E-state index in [0.29, 0.717) is 6.10 Å². The molecule has 2 unspecified atom stereocenters. The van der Waals surface area contributed by atoms with E-state index in [2.05, 4.69) is 27.7 Å². The lowest BCUT2D eigenvalue weighted by Gasteiger charge is -2.27. The first kappa shape index (κ1) is 10.2. The lowest BCUT2D eigenvalue weighted by molar-refractivity contribution is -0.0242. The molecule has 0 aliphatic carbocycles. The Labute approximate surface area is 67.6 Å². The Kier molecular flexibility index (Phi) is 4.21. The van der Waals surface area contributed by atoms with E-state index in [0.717, 1.165) is 23.1 Å². The van der Waals surface area contributed by atoms with Crippen molar-refractivity contribution in [1.29, 1.82) is 0 Å². The minimum atomic E-state index is 0.204. The molecule has 0 amide bonds. The Balaban J connectivity index is 3.64. The van der Waals surface area contributed by atoms with E-state index < -0.39 is 0 Å². The molecule has 2 atom stereocenters. The Hall–Kier alpha value is 0.177. The second-order valence-corrected chi connectivity index (χ2v) is 5.57. The largest absolute Gasteiger partial charge is 0.377 e. The fraction of sp³-hybridized carbons (Fsp3) is 1.00. The molecule has 0 aliphatic rings. The molecular formula is C8H20OSi. The molecule has 0 aromatic rings. The fourth-order valence-electron chi connectivity index (χ4n) is 0.711. The van der Waals surface area contributed by atoms with Crippen LogP contribution in [0.15, 0.2) is 0 Å². The summed E-state index contributed by atoms with van der Waals surface area (Å²) in [4.78, 5) is 0. The van der Waals surface area contributed by atoms with E-state index in [1.807, 2.05) is 0 Å². The van der Waals surface area contributed by atoms with Crippen LogP contribution in [0.1, 0.15) is 40.5 Å². The summed E-state index contributed by atoms with van der Waals surface area (Å²) in [5, 5.41) is 0.204. The third-order valence-corrected chi connectivity index (χ3v) is 2.89. The van der Waals surface area contributed by atoms with Crippen LogP contribution in [0.4, 0.5) is 0 Å². The number of hydrogen-bond donors (Lipinski definition) is 0. The maximum atomic E-state index is 5.80. The summed E-state index contributed by atoms with van der Waals surface area (Å²) in [7, 11) is 1.13. The van der Waals surface area contributed by atoms with Crippen LogP contribution in [0.5, 0.6) is 0 Å². The SMILES string of the molecule is CCC(C)OC(C)([SiH3])CC. The predicted molar refractivity (Wildman–Crippen MR) is 49.5 cm³/mol. The second-order valence-electron chi connectivity index (χ2n) is 3.45. The third kappa shape index (κ3) is 4.07. The summed E-state index contributed by atoms with van der Waals surface area (Å²) in [5.41, 5.74) is 0. The van der Waals surface area contributed by atoms with Gasteiger partial charge in [0.25, 0.3) is 0 Å². The van der Waals surface area contributed by atoms with E-state index in [1.165, 1.54) is 0 Å². The normalized spacial score (nSPS) is 20.4. The minimum absolute atomic E-state index is 0.204. The first-order valence-electron chi connectivity index (χ1n) is 4.19. The molecule has 1 nitrogen and oxygen atoms in total. The van der Waals surface area contributed by atoms with Gasteiger partial charge in [-0.2, -0.15) is 0 Å². The molecule has 62 valence electrons. The minimum Gasteiger partial charge on any atom is -0.377 e. The number of hydrogen-bond acceptors (Lipinski definition) is 1. The van der Waals surface area contributed by atoms with Gasteiger partial charge in [-0.3, -0.25) is 0 Å². The van der Waals surface area contributed by atoms with E-state index >= 15 is 0 Å². The summed E-state index contributed by atoms with van der Waals surface area (Å²) in [6.07, 6.45) is 2.70. The van der Waals surface area contributed by atoms with E-state index in [1.54, 1.807) is 0 Å². The first-order chi connectivity index (χ1) is 4.52. The van der Waals surface area contributed by atoms with Gasteiger partial charge in [0.1, 0.15) is 0 Å². The molecule has 0 aliphatic heterocycles. The van der Waals surface area contributed by atoms with Crippen LogP contribution in [0.3, 0.4) is 0 Å². The molecule has 0 fully saturated rings. The maximum Gasteiger partial charge on any atom is 0.0547 e. The van der Waals surface area contributed by atoms with Crippen molar-refractivity contribution in [3.05, 3.63) is 0 Å². The van der Waals surface area contributed by atoms with Crippen molar-refractivity contribution in [3.63, 3.8) is 0 Å². The van der Waals surface area contributed by atoms with Crippen molar-refractivity contribution >= 4 is 10.2 Å². The monoisotopic (exact) mass is 160 g/mol. The van der Waals surface area contributed by atoms with Crippen LogP contribution < -0.4 is 0 Å². The molecule has 0 spiro atoms. The lowest BCUT2D eigenvalue weighted by Crippen LogP contribution is -2.31. The highest BCUT2D eigenvalue weighted by molar-refractivity contribution is 6.14. The van der Waals surface area contributed by atoms with Gasteiger partial charge in [-0.15, -0.1) is 0 Å². The van der Waals surface area contributed by atoms with Crippen molar-refractivity contribution in [3.8, 4) is 0 Å². The van der Waals surface area contributed by atoms with Gasteiger partial charge in [0.2, 0.25) is 0 Å². The zero-order chi connectivity index (χ0) is 8.20. The van der Waals surface area contributed by atoms with E-state index in [9.17, 15) is 0 Å². The van der Waals surface area contributed by atoms with Crippen molar-refractivity contribution in [2.75, 3.05) is 0 Å². The molecule has 0 heterocycles. The molecule has 0 N–H and O–H groups in total. The molecule has 0 saturated carbocycles. The second kappa shape index (κ2) is 4.14. The fourth-order valence-corrected chi connectivity index (χ4v) is 1.11. The van der Waals surface area contributed by atoms with Crippen molar-refractivity contribution in [1.82, 2.24) is 0 Å². The Morgan fingerprint density at radius 1 is 1.50 bits per heavy atom. The summed E-state index contributed by atoms with van der Waals surface area (Å²) >= 11 is 0.